The van der Waals surface area contributed by atoms with Gasteiger partial charge in [-0.05, 0) is 18.1 Å². The molecule has 0 unspecified atom stereocenters. The van der Waals surface area contributed by atoms with Crippen molar-refractivity contribution in [1.82, 2.24) is 0 Å². The zero-order valence-electron chi connectivity index (χ0n) is 13.3. The highest BCUT2D eigenvalue weighted by molar-refractivity contribution is 6.74. The fourth-order valence-electron chi connectivity index (χ4n) is 1.62. The van der Waals surface area contributed by atoms with E-state index >= 15 is 0 Å². The highest BCUT2D eigenvalue weighted by atomic mass is 28.4. The van der Waals surface area contributed by atoms with Crippen LogP contribution in [0.25, 0.3) is 0 Å². The number of methoxy groups -OCH3 is 1. The smallest absolute Gasteiger partial charge is 0.340 e. The van der Waals surface area contributed by atoms with Crippen molar-refractivity contribution in [2.45, 2.75) is 51.4 Å². The lowest BCUT2D eigenvalue weighted by atomic mass is 10.1. The van der Waals surface area contributed by atoms with E-state index in [2.05, 4.69) is 33.9 Å². The third-order valence-corrected chi connectivity index (χ3v) is 8.58. The number of rotatable bonds is 5. The average molecular weight is 302 g/mol. The Kier molecular flexibility index (Phi) is 5.40. The van der Waals surface area contributed by atoms with Gasteiger partial charge in [0.1, 0.15) is 11.9 Å². The number of hydrogen-bond donors (Lipinski definition) is 1. The molecule has 116 valence electrons. The summed E-state index contributed by atoms with van der Waals surface area (Å²) < 4.78 is 16.4. The van der Waals surface area contributed by atoms with Crippen LogP contribution >= 0.6 is 0 Å². The Morgan fingerprint density at radius 2 is 2.00 bits per heavy atom. The van der Waals surface area contributed by atoms with Crippen LogP contribution in [0.1, 0.15) is 27.2 Å². The molecule has 0 aromatic heterocycles. The van der Waals surface area contributed by atoms with E-state index in [-0.39, 0.29) is 18.3 Å². The second kappa shape index (κ2) is 6.28. The number of ether oxygens (including phenoxy) is 2. The van der Waals surface area contributed by atoms with Gasteiger partial charge in [-0.15, -0.1) is 0 Å². The van der Waals surface area contributed by atoms with Crippen LogP contribution < -0.4 is 0 Å². The van der Waals surface area contributed by atoms with Crippen LogP contribution in [0.2, 0.25) is 18.1 Å². The predicted molar refractivity (Wildman–Crippen MR) is 78.8 cm³/mol. The summed E-state index contributed by atoms with van der Waals surface area (Å²) in [5.41, 5.74) is 0.432. The molecule has 0 amide bonds. The van der Waals surface area contributed by atoms with Crippen molar-refractivity contribution < 1.29 is 23.8 Å². The fourth-order valence-corrected chi connectivity index (χ4v) is 2.56. The lowest BCUT2D eigenvalue weighted by Gasteiger charge is -2.36. The molecule has 1 N–H and O–H groups in total. The largest absolute Gasteiger partial charge is 0.500 e. The summed E-state index contributed by atoms with van der Waals surface area (Å²) in [6.07, 6.45) is -0.122. The van der Waals surface area contributed by atoms with Crippen molar-refractivity contribution in [1.29, 1.82) is 0 Å². The van der Waals surface area contributed by atoms with Gasteiger partial charge in [-0.2, -0.15) is 0 Å². The molecular weight excluding hydrogens is 276 g/mol. The van der Waals surface area contributed by atoms with Gasteiger partial charge in [-0.1, -0.05) is 20.8 Å². The van der Waals surface area contributed by atoms with E-state index in [0.29, 0.717) is 17.8 Å². The molecule has 1 rings (SSSR count). The zero-order chi connectivity index (χ0) is 15.6. The summed E-state index contributed by atoms with van der Waals surface area (Å²) >= 11 is 0. The standard InChI is InChI=1S/C14H26O5Si/c1-14(2,3)20(5,6)18-9-11-12(17-4)7-10(8-15)19-13(11)16/h10,15H,7-9H2,1-6H3/t10-/m1/s1. The van der Waals surface area contributed by atoms with Crippen molar-refractivity contribution in [3.8, 4) is 0 Å². The number of aliphatic hydroxyl groups is 1. The van der Waals surface area contributed by atoms with E-state index in [4.69, 9.17) is 19.0 Å². The SMILES string of the molecule is COC1=C(CO[Si](C)(C)C(C)(C)C)C(=O)O[C@@H](CO)C1. The number of carbonyl (C=O) groups excluding carboxylic acids is 1. The molecule has 0 saturated heterocycles. The first-order chi connectivity index (χ1) is 9.12. The van der Waals surface area contributed by atoms with Crippen molar-refractivity contribution in [2.24, 2.45) is 0 Å². The molecule has 0 spiro atoms. The van der Waals surface area contributed by atoms with Gasteiger partial charge < -0.3 is 19.0 Å². The lowest BCUT2D eigenvalue weighted by molar-refractivity contribution is -0.149. The molecule has 0 fully saturated rings. The van der Waals surface area contributed by atoms with Gasteiger partial charge in [0.2, 0.25) is 0 Å². The van der Waals surface area contributed by atoms with Crippen LogP contribution in [0.15, 0.2) is 11.3 Å². The normalized spacial score (nSPS) is 20.9. The Morgan fingerprint density at radius 3 is 2.45 bits per heavy atom. The van der Waals surface area contributed by atoms with Crippen molar-refractivity contribution in [3.05, 3.63) is 11.3 Å². The minimum atomic E-state index is -1.93. The maximum Gasteiger partial charge on any atom is 0.340 e. The topological polar surface area (TPSA) is 65.0 Å². The van der Waals surface area contributed by atoms with Gasteiger partial charge in [-0.3, -0.25) is 0 Å². The lowest BCUT2D eigenvalue weighted by Crippen LogP contribution is -2.42. The summed E-state index contributed by atoms with van der Waals surface area (Å²) in [4.78, 5) is 12.0. The van der Waals surface area contributed by atoms with E-state index in [1.54, 1.807) is 0 Å². The van der Waals surface area contributed by atoms with E-state index in [1.807, 2.05) is 0 Å². The van der Waals surface area contributed by atoms with E-state index in [1.165, 1.54) is 7.11 Å². The first-order valence-corrected chi connectivity index (χ1v) is 9.75. The quantitative estimate of drug-likeness (QED) is 0.623. The Labute approximate surface area is 122 Å². The number of esters is 1. The van der Waals surface area contributed by atoms with Crippen LogP contribution in [-0.4, -0.2) is 45.8 Å². The molecule has 0 radical (unpaired) electrons. The molecule has 20 heavy (non-hydrogen) atoms. The fraction of sp³-hybridized carbons (Fsp3) is 0.786. The summed E-state index contributed by atoms with van der Waals surface area (Å²) in [6.45, 7) is 10.7. The Hall–Kier alpha value is -0.853. The van der Waals surface area contributed by atoms with Crippen LogP contribution in [0.3, 0.4) is 0 Å². The minimum absolute atomic E-state index is 0.0764. The van der Waals surface area contributed by atoms with E-state index in [9.17, 15) is 4.79 Å². The number of carbonyl (C=O) groups is 1. The maximum atomic E-state index is 12.0. The third kappa shape index (κ3) is 3.83. The summed E-state index contributed by atoms with van der Waals surface area (Å²) in [5.74, 6) is 0.102. The van der Waals surface area contributed by atoms with Crippen LogP contribution in [-0.2, 0) is 18.7 Å². The van der Waals surface area contributed by atoms with Crippen LogP contribution in [0.4, 0.5) is 0 Å². The second-order valence-electron chi connectivity index (χ2n) is 6.57. The summed E-state index contributed by atoms with van der Waals surface area (Å²) in [5, 5.41) is 9.17. The molecule has 0 aliphatic carbocycles. The van der Waals surface area contributed by atoms with Crippen molar-refractivity contribution in [3.63, 3.8) is 0 Å². The highest BCUT2D eigenvalue weighted by Gasteiger charge is 2.39. The molecule has 0 aromatic rings. The Morgan fingerprint density at radius 1 is 1.40 bits per heavy atom. The molecule has 1 heterocycles. The highest BCUT2D eigenvalue weighted by Crippen LogP contribution is 2.37. The molecule has 1 atom stereocenters. The first-order valence-electron chi connectivity index (χ1n) is 6.84. The van der Waals surface area contributed by atoms with Crippen LogP contribution in [0.5, 0.6) is 0 Å². The minimum Gasteiger partial charge on any atom is -0.500 e. The monoisotopic (exact) mass is 302 g/mol. The van der Waals surface area contributed by atoms with Crippen LogP contribution in [0, 0.1) is 0 Å². The van der Waals surface area contributed by atoms with E-state index < -0.39 is 20.4 Å². The Bertz CT molecular complexity index is 395. The van der Waals surface area contributed by atoms with Gasteiger partial charge in [0.25, 0.3) is 0 Å². The number of cyclic esters (lactones) is 1. The molecule has 0 aromatic carbocycles. The number of hydrogen-bond acceptors (Lipinski definition) is 5. The average Bonchev–Trinajstić information content (AvgIpc) is 2.34. The molecule has 0 saturated carbocycles. The maximum absolute atomic E-state index is 12.0. The van der Waals surface area contributed by atoms with Gasteiger partial charge in [0.15, 0.2) is 8.32 Å². The predicted octanol–water partition coefficient (Wildman–Crippen LogP) is 2.22. The van der Waals surface area contributed by atoms with Gasteiger partial charge in [0, 0.05) is 6.42 Å². The zero-order valence-corrected chi connectivity index (χ0v) is 14.3. The third-order valence-electron chi connectivity index (χ3n) is 4.10. The molecule has 0 bridgehead atoms. The van der Waals surface area contributed by atoms with Gasteiger partial charge in [0.05, 0.1) is 25.9 Å². The molecular formula is C14H26O5Si. The second-order valence-corrected chi connectivity index (χ2v) is 11.4. The molecule has 1 aliphatic rings. The summed E-state index contributed by atoms with van der Waals surface area (Å²) in [7, 11) is -0.410. The Balaban J connectivity index is 2.84. The molecule has 6 heteroatoms. The van der Waals surface area contributed by atoms with Crippen molar-refractivity contribution >= 4 is 14.3 Å². The molecule has 1 aliphatic heterocycles. The first kappa shape index (κ1) is 17.2. The van der Waals surface area contributed by atoms with Gasteiger partial charge in [-0.25, -0.2) is 4.79 Å². The number of aliphatic hydroxyl groups excluding tert-OH is 1. The molecule has 5 nitrogen and oxygen atoms in total. The van der Waals surface area contributed by atoms with Gasteiger partial charge >= 0.3 is 5.97 Å². The summed E-state index contributed by atoms with van der Waals surface area (Å²) in [6, 6.07) is 0. The van der Waals surface area contributed by atoms with Crippen molar-refractivity contribution in [2.75, 3.05) is 20.3 Å². The van der Waals surface area contributed by atoms with E-state index in [0.717, 1.165) is 0 Å².